The first-order valence-electron chi connectivity index (χ1n) is 8.09. The zero-order chi connectivity index (χ0) is 16.8. The summed E-state index contributed by atoms with van der Waals surface area (Å²) in [5.74, 6) is 0. The number of benzene rings is 1. The smallest absolute Gasteiger partial charge is 0.317 e. The average Bonchev–Trinajstić information content (AvgIpc) is 2.63. The summed E-state index contributed by atoms with van der Waals surface area (Å²) in [6.07, 6.45) is 3.50. The number of piperazine rings is 1. The number of carbonyl (C=O) groups excluding carboxylic acids is 1. The molecule has 2 amide bonds. The fraction of sp³-hybridized carbons (Fsp3) is 0.333. The van der Waals surface area contributed by atoms with E-state index in [0.29, 0.717) is 6.54 Å². The topological polar surface area (TPSA) is 48.5 Å². The highest BCUT2D eigenvalue weighted by Gasteiger charge is 2.20. The molecule has 2 heterocycles. The van der Waals surface area contributed by atoms with E-state index in [1.54, 1.807) is 12.4 Å². The number of urea groups is 1. The van der Waals surface area contributed by atoms with Gasteiger partial charge in [0, 0.05) is 56.7 Å². The molecule has 126 valence electrons. The number of hydrogen-bond donors (Lipinski definition) is 1. The summed E-state index contributed by atoms with van der Waals surface area (Å²) >= 11 is 5.91. The molecule has 1 aliphatic rings. The van der Waals surface area contributed by atoms with Crippen LogP contribution in [0, 0.1) is 0 Å². The minimum absolute atomic E-state index is 0.00926. The van der Waals surface area contributed by atoms with Crippen LogP contribution in [-0.2, 0) is 13.1 Å². The van der Waals surface area contributed by atoms with Crippen LogP contribution in [-0.4, -0.2) is 47.0 Å². The molecule has 2 aromatic rings. The van der Waals surface area contributed by atoms with Crippen molar-refractivity contribution in [3.63, 3.8) is 0 Å². The van der Waals surface area contributed by atoms with Gasteiger partial charge in [0.05, 0.1) is 0 Å². The third-order valence-electron chi connectivity index (χ3n) is 4.15. The molecule has 1 aromatic carbocycles. The van der Waals surface area contributed by atoms with Crippen LogP contribution in [0.25, 0.3) is 0 Å². The molecule has 5 nitrogen and oxygen atoms in total. The van der Waals surface area contributed by atoms with Crippen molar-refractivity contribution in [2.24, 2.45) is 0 Å². The highest BCUT2D eigenvalue weighted by Crippen LogP contribution is 2.13. The zero-order valence-corrected chi connectivity index (χ0v) is 14.2. The third kappa shape index (κ3) is 4.69. The molecule has 1 fully saturated rings. The van der Waals surface area contributed by atoms with Gasteiger partial charge >= 0.3 is 6.03 Å². The van der Waals surface area contributed by atoms with E-state index in [4.69, 9.17) is 11.6 Å². The van der Waals surface area contributed by atoms with Crippen LogP contribution in [0.1, 0.15) is 11.1 Å². The van der Waals surface area contributed by atoms with E-state index in [9.17, 15) is 4.79 Å². The van der Waals surface area contributed by atoms with E-state index in [-0.39, 0.29) is 6.03 Å². The highest BCUT2D eigenvalue weighted by atomic mass is 35.5. The molecule has 1 aromatic heterocycles. The van der Waals surface area contributed by atoms with Gasteiger partial charge in [0.2, 0.25) is 0 Å². The van der Waals surface area contributed by atoms with Crippen molar-refractivity contribution in [3.05, 3.63) is 64.9 Å². The van der Waals surface area contributed by atoms with Crippen LogP contribution in [0.3, 0.4) is 0 Å². The van der Waals surface area contributed by atoms with Crippen molar-refractivity contribution in [1.82, 2.24) is 20.1 Å². The Morgan fingerprint density at radius 2 is 1.83 bits per heavy atom. The molecule has 0 radical (unpaired) electrons. The van der Waals surface area contributed by atoms with Crippen LogP contribution >= 0.6 is 11.6 Å². The molecule has 0 bridgehead atoms. The predicted octanol–water partition coefficient (Wildman–Crippen LogP) is 2.76. The molecule has 6 heteroatoms. The number of nitrogens with one attached hydrogen (secondary N) is 1. The molecular formula is C18H21ClN4O. The van der Waals surface area contributed by atoms with E-state index in [1.807, 2.05) is 29.2 Å². The van der Waals surface area contributed by atoms with E-state index < -0.39 is 0 Å². The van der Waals surface area contributed by atoms with Gasteiger partial charge in [-0.1, -0.05) is 29.8 Å². The number of carbonyl (C=O) groups is 1. The second-order valence-corrected chi connectivity index (χ2v) is 6.35. The third-order valence-corrected chi connectivity index (χ3v) is 4.40. The standard InChI is InChI=1S/C18H21ClN4O/c19-17-5-3-15(4-6-17)14-22-8-10-23(11-9-22)18(24)21-13-16-2-1-7-20-12-16/h1-7,12H,8-11,13-14H2,(H,21,24). The Labute approximate surface area is 147 Å². The number of halogens is 1. The SMILES string of the molecule is O=C(NCc1cccnc1)N1CCN(Cc2ccc(Cl)cc2)CC1. The Balaban J connectivity index is 1.42. The van der Waals surface area contributed by atoms with Gasteiger partial charge in [-0.3, -0.25) is 9.88 Å². The largest absolute Gasteiger partial charge is 0.334 e. The lowest BCUT2D eigenvalue weighted by atomic mass is 10.2. The number of rotatable bonds is 4. The molecule has 0 aliphatic carbocycles. The Morgan fingerprint density at radius 1 is 1.08 bits per heavy atom. The number of aromatic nitrogens is 1. The average molecular weight is 345 g/mol. The molecule has 0 unspecified atom stereocenters. The number of hydrogen-bond acceptors (Lipinski definition) is 3. The van der Waals surface area contributed by atoms with Gasteiger partial charge in [0.25, 0.3) is 0 Å². The van der Waals surface area contributed by atoms with Gasteiger partial charge in [0.1, 0.15) is 0 Å². The van der Waals surface area contributed by atoms with Gasteiger partial charge in [-0.15, -0.1) is 0 Å². The number of amides is 2. The lowest BCUT2D eigenvalue weighted by Gasteiger charge is -2.34. The summed E-state index contributed by atoms with van der Waals surface area (Å²) in [6.45, 7) is 4.64. The van der Waals surface area contributed by atoms with Gasteiger partial charge < -0.3 is 10.2 Å². The molecule has 1 N–H and O–H groups in total. The van der Waals surface area contributed by atoms with Crippen LogP contribution in [0.5, 0.6) is 0 Å². The predicted molar refractivity (Wildman–Crippen MR) is 94.8 cm³/mol. The first-order chi connectivity index (χ1) is 11.7. The molecule has 0 saturated carbocycles. The lowest BCUT2D eigenvalue weighted by molar-refractivity contribution is 0.135. The van der Waals surface area contributed by atoms with E-state index in [0.717, 1.165) is 43.3 Å². The molecule has 1 aliphatic heterocycles. The number of nitrogens with zero attached hydrogens (tertiary/aromatic N) is 3. The minimum atomic E-state index is -0.00926. The second-order valence-electron chi connectivity index (χ2n) is 5.91. The summed E-state index contributed by atoms with van der Waals surface area (Å²) in [7, 11) is 0. The van der Waals surface area contributed by atoms with Crippen molar-refractivity contribution in [2.45, 2.75) is 13.1 Å². The van der Waals surface area contributed by atoms with Crippen LogP contribution < -0.4 is 5.32 Å². The summed E-state index contributed by atoms with van der Waals surface area (Å²) in [5.41, 5.74) is 2.25. The molecule has 3 rings (SSSR count). The molecular weight excluding hydrogens is 324 g/mol. The van der Waals surface area contributed by atoms with Gasteiger partial charge in [-0.25, -0.2) is 4.79 Å². The zero-order valence-electron chi connectivity index (χ0n) is 13.5. The Hall–Kier alpha value is -2.11. The first-order valence-corrected chi connectivity index (χ1v) is 8.47. The summed E-state index contributed by atoms with van der Waals surface area (Å²) in [5, 5.41) is 3.71. The Morgan fingerprint density at radius 3 is 2.50 bits per heavy atom. The van der Waals surface area contributed by atoms with Crippen molar-refractivity contribution in [2.75, 3.05) is 26.2 Å². The van der Waals surface area contributed by atoms with Gasteiger partial charge in [-0.05, 0) is 29.3 Å². The maximum Gasteiger partial charge on any atom is 0.317 e. The van der Waals surface area contributed by atoms with Crippen molar-refractivity contribution < 1.29 is 4.79 Å². The summed E-state index contributed by atoms with van der Waals surface area (Å²) < 4.78 is 0. The molecule has 24 heavy (non-hydrogen) atoms. The van der Waals surface area contributed by atoms with Crippen LogP contribution in [0.15, 0.2) is 48.8 Å². The second kappa shape index (κ2) is 8.13. The lowest BCUT2D eigenvalue weighted by Crippen LogP contribution is -2.51. The Bertz CT molecular complexity index is 654. The maximum atomic E-state index is 12.2. The molecule has 0 spiro atoms. The summed E-state index contributed by atoms with van der Waals surface area (Å²) in [6, 6.07) is 11.8. The van der Waals surface area contributed by atoms with Crippen LogP contribution in [0.4, 0.5) is 4.79 Å². The van der Waals surface area contributed by atoms with Gasteiger partial charge in [-0.2, -0.15) is 0 Å². The molecule has 1 saturated heterocycles. The van der Waals surface area contributed by atoms with E-state index >= 15 is 0 Å². The van der Waals surface area contributed by atoms with E-state index in [2.05, 4.69) is 27.3 Å². The van der Waals surface area contributed by atoms with Crippen molar-refractivity contribution in [1.29, 1.82) is 0 Å². The normalized spacial score (nSPS) is 15.3. The van der Waals surface area contributed by atoms with E-state index in [1.165, 1.54) is 5.56 Å². The fourth-order valence-corrected chi connectivity index (χ4v) is 2.88. The monoisotopic (exact) mass is 344 g/mol. The minimum Gasteiger partial charge on any atom is -0.334 e. The Kier molecular flexibility index (Phi) is 5.67. The highest BCUT2D eigenvalue weighted by molar-refractivity contribution is 6.30. The number of pyridine rings is 1. The quantitative estimate of drug-likeness (QED) is 0.927. The van der Waals surface area contributed by atoms with Crippen molar-refractivity contribution >= 4 is 17.6 Å². The van der Waals surface area contributed by atoms with Gasteiger partial charge in [0.15, 0.2) is 0 Å². The van der Waals surface area contributed by atoms with Crippen LogP contribution in [0.2, 0.25) is 5.02 Å². The maximum absolute atomic E-state index is 12.2. The van der Waals surface area contributed by atoms with Crippen molar-refractivity contribution in [3.8, 4) is 0 Å². The fourth-order valence-electron chi connectivity index (χ4n) is 2.75. The first kappa shape index (κ1) is 16.7. The summed E-state index contributed by atoms with van der Waals surface area (Å²) in [4.78, 5) is 20.5. The molecule has 0 atom stereocenters.